The van der Waals surface area contributed by atoms with Crippen molar-refractivity contribution in [1.29, 1.82) is 0 Å². The summed E-state index contributed by atoms with van der Waals surface area (Å²) in [5.41, 5.74) is 10.5. The van der Waals surface area contributed by atoms with Gasteiger partial charge in [-0.15, -0.1) is 15.3 Å². The third kappa shape index (κ3) is 21.0. The Morgan fingerprint density at radius 3 is 1.07 bits per heavy atom. The van der Waals surface area contributed by atoms with Crippen LogP contribution >= 0.6 is 0 Å². The molecule has 0 aromatic heterocycles. The molecule has 3 atom stereocenters. The largest absolute Gasteiger partial charge is 0.508 e. The zero-order valence-electron chi connectivity index (χ0n) is 61.5. The number of ether oxygens (including phenoxy) is 3. The van der Waals surface area contributed by atoms with Crippen molar-refractivity contribution in [2.24, 2.45) is 36.4 Å². The summed E-state index contributed by atoms with van der Waals surface area (Å²) in [7, 11) is 0. The van der Waals surface area contributed by atoms with Crippen LogP contribution in [-0.2, 0) is 40.0 Å². The molecule has 3 aliphatic carbocycles. The second-order valence-electron chi connectivity index (χ2n) is 25.7. The smallest absolute Gasteiger partial charge is 0.360 e. The number of nitrogens with one attached hydrogen (secondary N) is 3. The number of hydrogen-bond donors (Lipinski definition) is 11. The van der Waals surface area contributed by atoms with Crippen molar-refractivity contribution in [3.8, 4) is 102 Å². The van der Waals surface area contributed by atoms with E-state index in [1.807, 2.05) is 0 Å². The number of fused-ring (bicyclic) bond motifs is 6. The van der Waals surface area contributed by atoms with Gasteiger partial charge in [-0.25, -0.2) is 28.8 Å². The number of nitrogens with zero attached hydrogens (tertiary/aromatic N) is 6. The molecule has 0 saturated heterocycles. The van der Waals surface area contributed by atoms with E-state index in [1.54, 1.807) is 60.7 Å². The molecule has 12 N–H and O–H groups in total. The standard InChI is InChI=1S/C30H21N3O8.C27H24N4O8.C26H19N3O10/c34-16-40-25-11-6-18(32-33-30(39)31-24(29(37)38)12-17-4-2-1-3-5-17)13-23(25)28-21-9-7-19(35)14-26(21)41-27-15-20(36)8-10-22(27)28;28-10-2-1-3-21(26(35)36)29-27(37)31-30-15-4-9-22(38-14-32)20(11-15)25-18-7-5-16(33)12-23(18)39-24-13-17(34)6-8-19(24)25;30-12-38-20-7-1-13(28-29-26(37)27-19(25(35)36)6-8-23(33)34)9-18(20)24-16-4-2-14(31)10-21(16)39-22-11-15(32)3-5-17(22)24/h1-11,13-16,24,35H,12H2,(H,31,39)(H,37,38);4-9,11-14,21,33H,1-3,10,28H2,(H,29,37)(H,35,36);1-5,7,9-12,19,31H,6,8H2,(H,27,37)(H,33,34)(H,35,36)/t24-;21-;19-/m000/s1. The molecule has 7 aromatic rings. The summed E-state index contributed by atoms with van der Waals surface area (Å²) in [6.45, 7) is 1.14. The second-order valence-corrected chi connectivity index (χ2v) is 25.7. The molecule has 0 unspecified atom stereocenters. The number of carbonyl (C=O) groups is 10. The van der Waals surface area contributed by atoms with Gasteiger partial charge in [0.15, 0.2) is 16.3 Å². The Hall–Kier alpha value is -16.5. The second kappa shape index (κ2) is 38.3. The average molecular weight is 1620 g/mol. The number of amides is 6. The Bertz CT molecular complexity index is 6280. The minimum Gasteiger partial charge on any atom is -0.508 e. The molecule has 13 rings (SSSR count). The van der Waals surface area contributed by atoms with Crippen LogP contribution in [-0.4, -0.2) is 122 Å². The molecule has 119 heavy (non-hydrogen) atoms. The molecule has 0 radical (unpaired) electrons. The summed E-state index contributed by atoms with van der Waals surface area (Å²) < 4.78 is 33.1. The van der Waals surface area contributed by atoms with Crippen LogP contribution in [0.1, 0.15) is 37.7 Å². The van der Waals surface area contributed by atoms with Crippen LogP contribution in [0.4, 0.5) is 31.4 Å². The first kappa shape index (κ1) is 83.4. The van der Waals surface area contributed by atoms with Crippen LogP contribution in [0.3, 0.4) is 0 Å². The van der Waals surface area contributed by atoms with Crippen LogP contribution in [0.25, 0.3) is 100 Å². The van der Waals surface area contributed by atoms with Gasteiger partial charge in [-0.3, -0.25) is 33.6 Å². The van der Waals surface area contributed by atoms with Gasteiger partial charge in [0.1, 0.15) is 86.7 Å². The molecular formula is C83H64N10O26. The molecule has 0 saturated carbocycles. The van der Waals surface area contributed by atoms with Crippen LogP contribution in [0.15, 0.2) is 252 Å². The molecule has 36 heteroatoms. The maximum Gasteiger partial charge on any atom is 0.360 e. The first-order chi connectivity index (χ1) is 57.3. The van der Waals surface area contributed by atoms with E-state index in [4.69, 9.17) is 38.3 Å². The van der Waals surface area contributed by atoms with Gasteiger partial charge < -0.3 is 84.9 Å². The van der Waals surface area contributed by atoms with Crippen molar-refractivity contribution in [1.82, 2.24) is 16.0 Å². The molecule has 0 fully saturated rings. The highest BCUT2D eigenvalue weighted by Crippen LogP contribution is 2.49. The zero-order chi connectivity index (χ0) is 85.0. The van der Waals surface area contributed by atoms with E-state index in [2.05, 4.69) is 46.6 Å². The van der Waals surface area contributed by atoms with Crippen LogP contribution < -0.4 is 52.2 Å². The number of carboxylic acids is 4. The van der Waals surface area contributed by atoms with Crippen molar-refractivity contribution in [3.05, 3.63) is 230 Å². The maximum atomic E-state index is 12.5. The first-order valence-electron chi connectivity index (χ1n) is 35.4. The summed E-state index contributed by atoms with van der Waals surface area (Å²) in [6, 6.07) is 40.8. The third-order valence-electron chi connectivity index (χ3n) is 17.7. The lowest BCUT2D eigenvalue weighted by molar-refractivity contribution is -0.141. The van der Waals surface area contributed by atoms with E-state index in [-0.39, 0.29) is 141 Å². The van der Waals surface area contributed by atoms with E-state index in [0.29, 0.717) is 85.6 Å². The summed E-state index contributed by atoms with van der Waals surface area (Å²) in [6.07, 6.45) is 0.545. The van der Waals surface area contributed by atoms with Crippen LogP contribution in [0.2, 0.25) is 0 Å². The van der Waals surface area contributed by atoms with Gasteiger partial charge in [-0.1, -0.05) is 45.7 Å². The number of aromatic hydroxyl groups is 3. The minimum atomic E-state index is -1.49. The normalized spacial score (nSPS) is 11.9. The fraction of sp³-hybridized carbons (Fsp3) is 0.120. The maximum absolute atomic E-state index is 12.5. The molecule has 6 amide bonds. The Kier molecular flexibility index (Phi) is 26.9. The van der Waals surface area contributed by atoms with E-state index >= 15 is 0 Å². The van der Waals surface area contributed by atoms with Gasteiger partial charge in [-0.05, 0) is 165 Å². The highest BCUT2D eigenvalue weighted by atomic mass is 16.5. The number of nitrogens with two attached hydrogens (primary N) is 1. The van der Waals surface area contributed by atoms with E-state index in [1.165, 1.54) is 133 Å². The lowest BCUT2D eigenvalue weighted by atomic mass is 9.93. The van der Waals surface area contributed by atoms with E-state index < -0.39 is 66.5 Å². The summed E-state index contributed by atoms with van der Waals surface area (Å²) >= 11 is 0. The fourth-order valence-electron chi connectivity index (χ4n) is 12.4. The van der Waals surface area contributed by atoms with E-state index in [9.17, 15) is 93.0 Å². The van der Waals surface area contributed by atoms with Crippen molar-refractivity contribution in [2.75, 3.05) is 6.54 Å². The number of hydrogen-bond acceptors (Lipinski definition) is 26. The predicted molar refractivity (Wildman–Crippen MR) is 422 cm³/mol. The number of aliphatic carboxylic acids is 4. The number of rotatable bonds is 27. The van der Waals surface area contributed by atoms with Gasteiger partial charge in [0.25, 0.3) is 19.4 Å². The van der Waals surface area contributed by atoms with Gasteiger partial charge >= 0.3 is 42.0 Å². The SMILES string of the molecule is NCCCC[C@H](NC(=O)N=Nc1ccc(OC=O)c(-c2c3ccc(=O)cc-3oc3cc(O)ccc23)c1)C(=O)O.O=COc1ccc(N=NC(=O)N[C@@H](CCC(=O)O)C(=O)O)cc1-c1c2ccc(=O)cc-2oc2cc(O)ccc12.O=COc1ccc(N=NC(=O)N[C@@H](Cc2ccccc2)C(=O)O)cc1-c1c2ccc(=O)cc-2oc2cc(O)ccc12. The molecule has 6 aliphatic rings. The van der Waals surface area contributed by atoms with Crippen molar-refractivity contribution in [2.45, 2.75) is 56.7 Å². The van der Waals surface area contributed by atoms with Crippen molar-refractivity contribution < 1.29 is 111 Å². The summed E-state index contributed by atoms with van der Waals surface area (Å²) in [5.74, 6) is -4.25. The summed E-state index contributed by atoms with van der Waals surface area (Å²) in [5, 5.41) is 97.5. The Morgan fingerprint density at radius 1 is 0.395 bits per heavy atom. The molecule has 36 nitrogen and oxygen atoms in total. The number of phenolic OH excluding ortho intramolecular Hbond substituents is 3. The first-order valence-corrected chi connectivity index (χ1v) is 35.4. The predicted octanol–water partition coefficient (Wildman–Crippen LogP) is 13.4. The molecule has 3 heterocycles. The minimum absolute atomic E-state index is 0.0547. The summed E-state index contributed by atoms with van der Waals surface area (Å²) in [4.78, 5) is 152. The van der Waals surface area contributed by atoms with Crippen molar-refractivity contribution >= 4 is 111 Å². The monoisotopic (exact) mass is 1620 g/mol. The number of unbranched alkanes of at least 4 members (excludes halogenated alkanes) is 1. The molecular weight excluding hydrogens is 1550 g/mol. The number of carboxylic acid groups (broad SMARTS) is 4. The average Bonchev–Trinajstić information content (AvgIpc) is 0.760. The number of urea groups is 3. The van der Waals surface area contributed by atoms with Crippen LogP contribution in [0.5, 0.6) is 34.5 Å². The molecule has 0 spiro atoms. The molecule has 3 aliphatic heterocycles. The number of phenols is 3. The molecule has 602 valence electrons. The molecule has 0 bridgehead atoms. The Balaban J connectivity index is 0.000000175. The quantitative estimate of drug-likeness (QED) is 0.00985. The Labute approximate surface area is 667 Å². The van der Waals surface area contributed by atoms with Crippen LogP contribution in [0, 0.1) is 0 Å². The Morgan fingerprint density at radius 2 is 0.739 bits per heavy atom. The van der Waals surface area contributed by atoms with Gasteiger partial charge in [0.2, 0.25) is 0 Å². The topological polar surface area (TPSA) is 567 Å². The van der Waals surface area contributed by atoms with Crippen molar-refractivity contribution in [3.63, 3.8) is 0 Å². The number of carbonyl (C=O) groups excluding carboxylic acids is 6. The van der Waals surface area contributed by atoms with Gasteiger partial charge in [0, 0.05) is 115 Å². The fourth-order valence-corrected chi connectivity index (χ4v) is 12.4. The number of azo groups is 3. The third-order valence-corrected chi connectivity index (χ3v) is 17.7. The van der Waals surface area contributed by atoms with Gasteiger partial charge in [0.05, 0.1) is 17.1 Å². The van der Waals surface area contributed by atoms with Gasteiger partial charge in [-0.2, -0.15) is 0 Å². The highest BCUT2D eigenvalue weighted by Gasteiger charge is 2.28. The van der Waals surface area contributed by atoms with E-state index in [0.717, 1.165) is 5.56 Å². The highest BCUT2D eigenvalue weighted by molar-refractivity contribution is 6.07. The lowest BCUT2D eigenvalue weighted by Crippen LogP contribution is -2.40. The number of benzene rings is 10. The zero-order valence-corrected chi connectivity index (χ0v) is 61.5. The lowest BCUT2D eigenvalue weighted by Gasteiger charge is -2.17. The molecule has 7 aromatic carbocycles.